The number of ether oxygens (including phenoxy) is 1. The first-order valence-electron chi connectivity index (χ1n) is 7.74. The number of benzene rings is 2. The molecule has 1 heterocycles. The second-order valence-electron chi connectivity index (χ2n) is 5.48. The molecule has 6 heteroatoms. The van der Waals surface area contributed by atoms with Gasteiger partial charge in [0.2, 0.25) is 0 Å². The number of fused-ring (bicyclic) bond motifs is 1. The second-order valence-corrected chi connectivity index (χ2v) is 5.48. The average Bonchev–Trinajstić information content (AvgIpc) is 2.59. The van der Waals surface area contributed by atoms with E-state index in [0.717, 1.165) is 12.0 Å². The number of nitrogens with two attached hydrogens (primary N) is 1. The fourth-order valence-electron chi connectivity index (χ4n) is 2.44. The van der Waals surface area contributed by atoms with Crippen LogP contribution in [0.25, 0.3) is 10.9 Å². The fraction of sp³-hybridized carbons (Fsp3) is 0.222. The van der Waals surface area contributed by atoms with Gasteiger partial charge >= 0.3 is 0 Å². The van der Waals surface area contributed by atoms with Crippen LogP contribution in [0, 0.1) is 5.82 Å². The molecule has 0 saturated carbocycles. The third-order valence-corrected chi connectivity index (χ3v) is 3.69. The van der Waals surface area contributed by atoms with Gasteiger partial charge in [-0.1, -0.05) is 12.1 Å². The summed E-state index contributed by atoms with van der Waals surface area (Å²) in [6.07, 6.45) is 2.25. The predicted octanol–water partition coefficient (Wildman–Crippen LogP) is 2.46. The minimum Gasteiger partial charge on any atom is -0.489 e. The maximum absolute atomic E-state index is 13.2. The third kappa shape index (κ3) is 3.60. The highest BCUT2D eigenvalue weighted by Crippen LogP contribution is 2.18. The molecule has 0 atom stereocenters. The molecule has 0 aliphatic heterocycles. The van der Waals surface area contributed by atoms with E-state index in [0.29, 0.717) is 29.7 Å². The maximum atomic E-state index is 13.2. The minimum absolute atomic E-state index is 0.0925. The van der Waals surface area contributed by atoms with Crippen molar-refractivity contribution in [3.05, 3.63) is 70.5 Å². The molecule has 0 unspecified atom stereocenters. The highest BCUT2D eigenvalue weighted by Gasteiger charge is 2.06. The lowest BCUT2D eigenvalue weighted by molar-refractivity contribution is 0.306. The van der Waals surface area contributed by atoms with E-state index >= 15 is 0 Å². The molecule has 24 heavy (non-hydrogen) atoms. The van der Waals surface area contributed by atoms with Gasteiger partial charge in [-0.25, -0.2) is 9.37 Å². The number of nitrogens with zero attached hydrogens (tertiary/aromatic N) is 2. The topological polar surface area (TPSA) is 70.1 Å². The Bertz CT molecular complexity index is 908. The van der Waals surface area contributed by atoms with Crippen LogP contribution in [0.5, 0.6) is 5.75 Å². The summed E-state index contributed by atoms with van der Waals surface area (Å²) in [7, 11) is 0. The van der Waals surface area contributed by atoms with Crippen LogP contribution in [0.15, 0.2) is 53.6 Å². The Balaban J connectivity index is 1.80. The van der Waals surface area contributed by atoms with Crippen LogP contribution >= 0.6 is 0 Å². The summed E-state index contributed by atoms with van der Waals surface area (Å²) in [6.45, 7) is 1.32. The van der Waals surface area contributed by atoms with E-state index in [1.807, 2.05) is 0 Å². The Morgan fingerprint density at radius 3 is 2.88 bits per heavy atom. The monoisotopic (exact) mass is 327 g/mol. The van der Waals surface area contributed by atoms with Crippen molar-refractivity contribution in [2.45, 2.75) is 19.6 Å². The molecule has 5 nitrogen and oxygen atoms in total. The van der Waals surface area contributed by atoms with Gasteiger partial charge in [0.15, 0.2) is 0 Å². The molecule has 0 radical (unpaired) electrons. The van der Waals surface area contributed by atoms with E-state index in [9.17, 15) is 9.18 Å². The standard InChI is InChI=1S/C18H18FN3O2/c19-14-4-1-3-13(9-14)11-24-15-5-6-16-17(10-15)21-12-22(18(16)23)8-2-7-20/h1,3-6,9-10,12H,2,7-8,11,20H2. The first-order valence-corrected chi connectivity index (χ1v) is 7.74. The molecule has 0 spiro atoms. The van der Waals surface area contributed by atoms with Gasteiger partial charge < -0.3 is 10.5 Å². The quantitative estimate of drug-likeness (QED) is 0.755. The lowest BCUT2D eigenvalue weighted by atomic mass is 10.2. The summed E-state index contributed by atoms with van der Waals surface area (Å²) < 4.78 is 20.4. The molecule has 0 fully saturated rings. The largest absolute Gasteiger partial charge is 0.489 e. The van der Waals surface area contributed by atoms with E-state index in [-0.39, 0.29) is 18.0 Å². The van der Waals surface area contributed by atoms with Crippen LogP contribution in [0.2, 0.25) is 0 Å². The van der Waals surface area contributed by atoms with Crippen LogP contribution in [0.3, 0.4) is 0 Å². The van der Waals surface area contributed by atoms with Gasteiger partial charge in [0.25, 0.3) is 5.56 Å². The molecular formula is C18H18FN3O2. The summed E-state index contributed by atoms with van der Waals surface area (Å²) in [5, 5.41) is 0.535. The molecule has 1 aromatic heterocycles. The van der Waals surface area contributed by atoms with Gasteiger partial charge in [-0.05, 0) is 42.8 Å². The van der Waals surface area contributed by atoms with E-state index in [2.05, 4.69) is 4.98 Å². The van der Waals surface area contributed by atoms with Crippen LogP contribution in [0.1, 0.15) is 12.0 Å². The molecule has 2 N–H and O–H groups in total. The van der Waals surface area contributed by atoms with E-state index < -0.39 is 0 Å². The lowest BCUT2D eigenvalue weighted by Crippen LogP contribution is -2.21. The van der Waals surface area contributed by atoms with Crippen LogP contribution in [-0.4, -0.2) is 16.1 Å². The number of rotatable bonds is 6. The molecular weight excluding hydrogens is 309 g/mol. The Morgan fingerprint density at radius 2 is 2.08 bits per heavy atom. The Morgan fingerprint density at radius 1 is 1.21 bits per heavy atom. The molecule has 0 aliphatic carbocycles. The van der Waals surface area contributed by atoms with Gasteiger partial charge in [-0.3, -0.25) is 9.36 Å². The highest BCUT2D eigenvalue weighted by atomic mass is 19.1. The fourth-order valence-corrected chi connectivity index (χ4v) is 2.44. The number of aryl methyl sites for hydroxylation is 1. The number of hydrogen-bond acceptors (Lipinski definition) is 4. The highest BCUT2D eigenvalue weighted by molar-refractivity contribution is 5.78. The zero-order valence-electron chi connectivity index (χ0n) is 13.1. The number of hydrogen-bond donors (Lipinski definition) is 1. The van der Waals surface area contributed by atoms with Crippen LogP contribution in [-0.2, 0) is 13.2 Å². The Labute approximate surface area is 138 Å². The second kappa shape index (κ2) is 7.23. The van der Waals surface area contributed by atoms with Crippen molar-refractivity contribution in [3.63, 3.8) is 0 Å². The molecule has 0 saturated heterocycles. The van der Waals surface area contributed by atoms with E-state index in [1.165, 1.54) is 18.5 Å². The van der Waals surface area contributed by atoms with Crippen molar-refractivity contribution in [3.8, 4) is 5.75 Å². The minimum atomic E-state index is -0.297. The molecule has 3 rings (SSSR count). The molecule has 0 amide bonds. The third-order valence-electron chi connectivity index (χ3n) is 3.69. The molecule has 124 valence electrons. The smallest absolute Gasteiger partial charge is 0.261 e. The summed E-state index contributed by atoms with van der Waals surface area (Å²) in [5.74, 6) is 0.285. The summed E-state index contributed by atoms with van der Waals surface area (Å²) in [6, 6.07) is 11.4. The average molecular weight is 327 g/mol. The first-order chi connectivity index (χ1) is 11.7. The van der Waals surface area contributed by atoms with Crippen molar-refractivity contribution in [1.82, 2.24) is 9.55 Å². The van der Waals surface area contributed by atoms with Gasteiger partial charge in [0, 0.05) is 12.6 Å². The molecule has 3 aromatic rings. The van der Waals surface area contributed by atoms with E-state index in [4.69, 9.17) is 10.5 Å². The normalized spacial score (nSPS) is 10.9. The van der Waals surface area contributed by atoms with Crippen LogP contribution in [0.4, 0.5) is 4.39 Å². The predicted molar refractivity (Wildman–Crippen MR) is 90.4 cm³/mol. The molecule has 0 aliphatic rings. The van der Waals surface area contributed by atoms with Gasteiger partial charge in [0.05, 0.1) is 17.2 Å². The van der Waals surface area contributed by atoms with Crippen molar-refractivity contribution < 1.29 is 9.13 Å². The maximum Gasteiger partial charge on any atom is 0.261 e. The lowest BCUT2D eigenvalue weighted by Gasteiger charge is -2.09. The SMILES string of the molecule is NCCCn1cnc2cc(OCc3cccc(F)c3)ccc2c1=O. The zero-order chi connectivity index (χ0) is 16.9. The van der Waals surface area contributed by atoms with Crippen molar-refractivity contribution in [1.29, 1.82) is 0 Å². The van der Waals surface area contributed by atoms with Crippen LogP contribution < -0.4 is 16.0 Å². The van der Waals surface area contributed by atoms with Gasteiger partial charge in [-0.2, -0.15) is 0 Å². The van der Waals surface area contributed by atoms with Gasteiger partial charge in [0.1, 0.15) is 18.2 Å². The Kier molecular flexibility index (Phi) is 4.86. The molecule has 0 bridgehead atoms. The Hall–Kier alpha value is -2.73. The van der Waals surface area contributed by atoms with Gasteiger partial charge in [-0.15, -0.1) is 0 Å². The summed E-state index contributed by atoms with van der Waals surface area (Å²) >= 11 is 0. The van der Waals surface area contributed by atoms with Crippen molar-refractivity contribution in [2.24, 2.45) is 5.73 Å². The summed E-state index contributed by atoms with van der Waals surface area (Å²) in [4.78, 5) is 16.7. The summed E-state index contributed by atoms with van der Waals surface area (Å²) in [5.41, 5.74) is 6.69. The van der Waals surface area contributed by atoms with Crippen molar-refractivity contribution >= 4 is 10.9 Å². The van der Waals surface area contributed by atoms with E-state index in [1.54, 1.807) is 34.9 Å². The molecule has 2 aromatic carbocycles. The zero-order valence-corrected chi connectivity index (χ0v) is 13.1. The number of halogens is 1. The first kappa shape index (κ1) is 16.1. The van der Waals surface area contributed by atoms with Crippen molar-refractivity contribution in [2.75, 3.05) is 6.54 Å². The number of aromatic nitrogens is 2.